The summed E-state index contributed by atoms with van der Waals surface area (Å²) in [6.07, 6.45) is 1.76. The number of likely N-dealkylation sites (tertiary alicyclic amines) is 1. The Labute approximate surface area is 148 Å². The summed E-state index contributed by atoms with van der Waals surface area (Å²) in [5.74, 6) is -1.08. The molecule has 4 heteroatoms. The number of hydrogen-bond acceptors (Lipinski definition) is 2. The van der Waals surface area contributed by atoms with Gasteiger partial charge in [0.25, 0.3) is 0 Å². The molecule has 4 nitrogen and oxygen atoms in total. The average Bonchev–Trinajstić information content (AvgIpc) is 3.13. The third-order valence-corrected chi connectivity index (χ3v) is 4.91. The molecule has 0 saturated carbocycles. The maximum absolute atomic E-state index is 12.7. The molecule has 1 N–H and O–H groups in total. The van der Waals surface area contributed by atoms with Crippen LogP contribution in [-0.2, 0) is 16.0 Å². The molecular formula is C21H23NO3. The van der Waals surface area contributed by atoms with Gasteiger partial charge in [-0.25, -0.2) is 0 Å². The predicted molar refractivity (Wildman–Crippen MR) is 96.3 cm³/mol. The Morgan fingerprint density at radius 1 is 1.04 bits per heavy atom. The first-order chi connectivity index (χ1) is 12.1. The zero-order valence-corrected chi connectivity index (χ0v) is 14.2. The summed E-state index contributed by atoms with van der Waals surface area (Å²) in [5, 5.41) is 9.13. The molecule has 2 aromatic rings. The van der Waals surface area contributed by atoms with Gasteiger partial charge < -0.3 is 10.0 Å². The number of carbonyl (C=O) groups excluding carboxylic acids is 1. The minimum absolute atomic E-state index is 0.0496. The highest BCUT2D eigenvalue weighted by Crippen LogP contribution is 2.27. The number of rotatable bonds is 6. The minimum Gasteiger partial charge on any atom is -0.481 e. The van der Waals surface area contributed by atoms with Gasteiger partial charge in [0.1, 0.15) is 0 Å². The zero-order valence-electron chi connectivity index (χ0n) is 14.2. The Balaban J connectivity index is 1.71. The molecule has 0 unspecified atom stereocenters. The fourth-order valence-corrected chi connectivity index (χ4v) is 3.46. The van der Waals surface area contributed by atoms with Crippen LogP contribution in [0.2, 0.25) is 0 Å². The second kappa shape index (κ2) is 7.97. The number of carbonyl (C=O) groups is 2. The molecule has 0 radical (unpaired) electrons. The van der Waals surface area contributed by atoms with Crippen LogP contribution in [0.25, 0.3) is 0 Å². The van der Waals surface area contributed by atoms with E-state index >= 15 is 0 Å². The zero-order chi connectivity index (χ0) is 17.6. The summed E-state index contributed by atoms with van der Waals surface area (Å²) in [4.78, 5) is 25.5. The van der Waals surface area contributed by atoms with Crippen LogP contribution in [0.3, 0.4) is 0 Å². The standard InChI is InChI=1S/C21H23NO3/c23-20(22-12-11-18(15-22)21(24)25)14-19(17-9-5-2-6-10-17)13-16-7-3-1-4-8-16/h1-10,18-19H,11-15H2,(H,24,25)/t18-,19-/m0/s1. The van der Waals surface area contributed by atoms with Crippen molar-refractivity contribution in [1.82, 2.24) is 4.90 Å². The Morgan fingerprint density at radius 3 is 2.28 bits per heavy atom. The summed E-state index contributed by atoms with van der Waals surface area (Å²) in [6.45, 7) is 0.879. The van der Waals surface area contributed by atoms with E-state index in [-0.39, 0.29) is 11.8 Å². The first-order valence-electron chi connectivity index (χ1n) is 8.73. The number of aliphatic carboxylic acids is 1. The second-order valence-corrected chi connectivity index (χ2v) is 6.67. The minimum atomic E-state index is -0.806. The fourth-order valence-electron chi connectivity index (χ4n) is 3.46. The maximum atomic E-state index is 12.7. The summed E-state index contributed by atoms with van der Waals surface area (Å²) in [5.41, 5.74) is 2.35. The summed E-state index contributed by atoms with van der Waals surface area (Å²) < 4.78 is 0. The number of carboxylic acid groups (broad SMARTS) is 1. The van der Waals surface area contributed by atoms with E-state index in [1.807, 2.05) is 36.4 Å². The van der Waals surface area contributed by atoms with Crippen molar-refractivity contribution in [2.75, 3.05) is 13.1 Å². The van der Waals surface area contributed by atoms with Crippen molar-refractivity contribution in [3.63, 3.8) is 0 Å². The van der Waals surface area contributed by atoms with E-state index in [1.165, 1.54) is 5.56 Å². The van der Waals surface area contributed by atoms with Gasteiger partial charge >= 0.3 is 5.97 Å². The van der Waals surface area contributed by atoms with Crippen molar-refractivity contribution in [3.8, 4) is 0 Å². The van der Waals surface area contributed by atoms with Gasteiger partial charge in [0.15, 0.2) is 0 Å². The van der Waals surface area contributed by atoms with Crippen molar-refractivity contribution in [2.24, 2.45) is 5.92 Å². The van der Waals surface area contributed by atoms with Crippen molar-refractivity contribution < 1.29 is 14.7 Å². The lowest BCUT2D eigenvalue weighted by Crippen LogP contribution is -2.31. The van der Waals surface area contributed by atoms with E-state index in [1.54, 1.807) is 4.90 Å². The van der Waals surface area contributed by atoms with Crippen molar-refractivity contribution in [1.29, 1.82) is 0 Å². The van der Waals surface area contributed by atoms with Gasteiger partial charge in [-0.3, -0.25) is 9.59 Å². The third-order valence-electron chi connectivity index (χ3n) is 4.91. The van der Waals surface area contributed by atoms with Crippen LogP contribution >= 0.6 is 0 Å². The highest BCUT2D eigenvalue weighted by molar-refractivity contribution is 5.79. The molecule has 0 aliphatic carbocycles. The lowest BCUT2D eigenvalue weighted by molar-refractivity contribution is -0.141. The van der Waals surface area contributed by atoms with Crippen molar-refractivity contribution in [3.05, 3.63) is 71.8 Å². The van der Waals surface area contributed by atoms with Crippen LogP contribution in [0.1, 0.15) is 29.9 Å². The molecule has 2 atom stereocenters. The van der Waals surface area contributed by atoms with Crippen LogP contribution in [-0.4, -0.2) is 35.0 Å². The number of amides is 1. The third kappa shape index (κ3) is 4.47. The lowest BCUT2D eigenvalue weighted by Gasteiger charge is -2.22. The van der Waals surface area contributed by atoms with E-state index in [0.717, 1.165) is 12.0 Å². The molecule has 1 fully saturated rings. The number of benzene rings is 2. The van der Waals surface area contributed by atoms with Crippen molar-refractivity contribution >= 4 is 11.9 Å². The van der Waals surface area contributed by atoms with Gasteiger partial charge in [-0.15, -0.1) is 0 Å². The second-order valence-electron chi connectivity index (χ2n) is 6.67. The molecule has 0 spiro atoms. The Hall–Kier alpha value is -2.62. The smallest absolute Gasteiger partial charge is 0.308 e. The Bertz CT molecular complexity index is 714. The largest absolute Gasteiger partial charge is 0.481 e. The van der Waals surface area contributed by atoms with Crippen LogP contribution < -0.4 is 0 Å². The lowest BCUT2D eigenvalue weighted by atomic mass is 9.89. The van der Waals surface area contributed by atoms with E-state index in [9.17, 15) is 9.59 Å². The average molecular weight is 337 g/mol. The monoisotopic (exact) mass is 337 g/mol. The van der Waals surface area contributed by atoms with Gasteiger partial charge in [0, 0.05) is 19.5 Å². The van der Waals surface area contributed by atoms with Crippen LogP contribution in [0.15, 0.2) is 60.7 Å². The van der Waals surface area contributed by atoms with Gasteiger partial charge in [0.05, 0.1) is 5.92 Å². The summed E-state index contributed by atoms with van der Waals surface area (Å²) >= 11 is 0. The van der Waals surface area contributed by atoms with E-state index in [0.29, 0.717) is 25.9 Å². The molecule has 25 heavy (non-hydrogen) atoms. The van der Waals surface area contributed by atoms with E-state index in [2.05, 4.69) is 24.3 Å². The normalized spacial score (nSPS) is 18.1. The van der Waals surface area contributed by atoms with Gasteiger partial charge in [-0.05, 0) is 29.9 Å². The van der Waals surface area contributed by atoms with Crippen LogP contribution in [0.4, 0.5) is 0 Å². The van der Waals surface area contributed by atoms with E-state index < -0.39 is 11.9 Å². The molecule has 2 aromatic carbocycles. The molecule has 130 valence electrons. The van der Waals surface area contributed by atoms with Crippen LogP contribution in [0, 0.1) is 5.92 Å². The highest BCUT2D eigenvalue weighted by Gasteiger charge is 2.31. The highest BCUT2D eigenvalue weighted by atomic mass is 16.4. The van der Waals surface area contributed by atoms with E-state index in [4.69, 9.17) is 5.11 Å². The summed E-state index contributed by atoms with van der Waals surface area (Å²) in [6, 6.07) is 20.3. The summed E-state index contributed by atoms with van der Waals surface area (Å²) in [7, 11) is 0. The molecule has 1 saturated heterocycles. The van der Waals surface area contributed by atoms with Gasteiger partial charge in [0.2, 0.25) is 5.91 Å². The van der Waals surface area contributed by atoms with Crippen molar-refractivity contribution in [2.45, 2.75) is 25.2 Å². The molecule has 1 amide bonds. The SMILES string of the molecule is O=C(O)[C@H]1CCN(C(=O)C[C@H](Cc2ccccc2)c2ccccc2)C1. The number of carboxylic acids is 1. The topological polar surface area (TPSA) is 57.6 Å². The molecule has 1 aliphatic heterocycles. The molecule has 1 aliphatic rings. The number of hydrogen-bond donors (Lipinski definition) is 1. The molecule has 0 bridgehead atoms. The molecule has 3 rings (SSSR count). The van der Waals surface area contributed by atoms with Gasteiger partial charge in [-0.1, -0.05) is 60.7 Å². The molecule has 1 heterocycles. The number of nitrogens with zero attached hydrogens (tertiary/aromatic N) is 1. The Kier molecular flexibility index (Phi) is 5.49. The molecular weight excluding hydrogens is 314 g/mol. The van der Waals surface area contributed by atoms with Crippen LogP contribution in [0.5, 0.6) is 0 Å². The predicted octanol–water partition coefficient (Wildman–Crippen LogP) is 3.34. The first kappa shape index (κ1) is 17.2. The fraction of sp³-hybridized carbons (Fsp3) is 0.333. The first-order valence-corrected chi connectivity index (χ1v) is 8.73. The quantitative estimate of drug-likeness (QED) is 0.879. The molecule has 0 aromatic heterocycles. The Morgan fingerprint density at radius 2 is 1.68 bits per heavy atom. The maximum Gasteiger partial charge on any atom is 0.308 e. The van der Waals surface area contributed by atoms with Gasteiger partial charge in [-0.2, -0.15) is 0 Å².